The average Bonchev–Trinajstić information content (AvgIpc) is 2.94. The van der Waals surface area contributed by atoms with Crippen LogP contribution >= 0.6 is 0 Å². The lowest BCUT2D eigenvalue weighted by molar-refractivity contribution is -0.163. The van der Waals surface area contributed by atoms with Crippen LogP contribution in [0.25, 0.3) is 0 Å². The summed E-state index contributed by atoms with van der Waals surface area (Å²) in [7, 11) is 0. The van der Waals surface area contributed by atoms with Gasteiger partial charge in [-0.1, -0.05) is 38.2 Å². The second-order valence-corrected chi connectivity index (χ2v) is 6.54. The standard InChI is InChI=1S/C16H24N2O2/c1-2-12-18-14(20)15(8-4-3-5-9-15)17-13(19)16(18)10-6-7-11-16/h2H,1,3-12H2,(H,17,19). The van der Waals surface area contributed by atoms with Crippen molar-refractivity contribution in [2.45, 2.75) is 68.9 Å². The zero-order chi connectivity index (χ0) is 14.2. The van der Waals surface area contributed by atoms with Crippen LogP contribution in [0.4, 0.5) is 0 Å². The normalized spacial score (nSPS) is 27.9. The SMILES string of the molecule is C=CCN1C(=O)C2(CCCCC2)NC(=O)C12CCCC2. The maximum absolute atomic E-state index is 13.1. The van der Waals surface area contributed by atoms with Crippen LogP contribution in [-0.2, 0) is 9.59 Å². The number of hydrogen-bond acceptors (Lipinski definition) is 2. The molecule has 1 N–H and O–H groups in total. The molecule has 3 aliphatic rings. The van der Waals surface area contributed by atoms with Gasteiger partial charge in [0, 0.05) is 6.54 Å². The first-order chi connectivity index (χ1) is 9.65. The predicted molar refractivity (Wildman–Crippen MR) is 77.1 cm³/mol. The highest BCUT2D eigenvalue weighted by Gasteiger charge is 2.58. The lowest BCUT2D eigenvalue weighted by Crippen LogP contribution is -2.75. The molecule has 0 aromatic rings. The number of nitrogens with one attached hydrogen (secondary N) is 1. The van der Waals surface area contributed by atoms with Gasteiger partial charge in [-0.25, -0.2) is 0 Å². The van der Waals surface area contributed by atoms with Crippen molar-refractivity contribution in [2.24, 2.45) is 0 Å². The van der Waals surface area contributed by atoms with Crippen LogP contribution in [0.5, 0.6) is 0 Å². The summed E-state index contributed by atoms with van der Waals surface area (Å²) in [6.07, 6.45) is 10.2. The van der Waals surface area contributed by atoms with Gasteiger partial charge in [-0.2, -0.15) is 0 Å². The van der Waals surface area contributed by atoms with Crippen molar-refractivity contribution in [1.82, 2.24) is 10.2 Å². The molecule has 2 amide bonds. The summed E-state index contributed by atoms with van der Waals surface area (Å²) >= 11 is 0. The third-order valence-corrected chi connectivity index (χ3v) is 5.40. The molecule has 0 radical (unpaired) electrons. The van der Waals surface area contributed by atoms with Crippen molar-refractivity contribution >= 4 is 11.8 Å². The first-order valence-corrected chi connectivity index (χ1v) is 7.90. The van der Waals surface area contributed by atoms with Gasteiger partial charge in [0.1, 0.15) is 11.1 Å². The lowest BCUT2D eigenvalue weighted by Gasteiger charge is -2.52. The van der Waals surface area contributed by atoms with Crippen LogP contribution in [0, 0.1) is 0 Å². The van der Waals surface area contributed by atoms with Gasteiger partial charge in [0.25, 0.3) is 0 Å². The molecular weight excluding hydrogens is 252 g/mol. The van der Waals surface area contributed by atoms with E-state index in [0.717, 1.165) is 57.8 Å². The summed E-state index contributed by atoms with van der Waals surface area (Å²) in [5.41, 5.74) is -1.21. The first-order valence-electron chi connectivity index (χ1n) is 7.90. The van der Waals surface area contributed by atoms with E-state index in [1.807, 2.05) is 4.90 Å². The van der Waals surface area contributed by atoms with E-state index in [1.165, 1.54) is 0 Å². The highest BCUT2D eigenvalue weighted by atomic mass is 16.2. The Morgan fingerprint density at radius 1 is 1.05 bits per heavy atom. The molecule has 2 spiro atoms. The van der Waals surface area contributed by atoms with Crippen molar-refractivity contribution in [2.75, 3.05) is 6.54 Å². The zero-order valence-corrected chi connectivity index (χ0v) is 12.1. The first kappa shape index (κ1) is 13.7. The van der Waals surface area contributed by atoms with Crippen LogP contribution in [0.15, 0.2) is 12.7 Å². The maximum atomic E-state index is 13.1. The molecule has 0 aromatic carbocycles. The van der Waals surface area contributed by atoms with E-state index in [2.05, 4.69) is 11.9 Å². The number of amides is 2. The number of nitrogens with zero attached hydrogens (tertiary/aromatic N) is 1. The van der Waals surface area contributed by atoms with Crippen molar-refractivity contribution in [3.05, 3.63) is 12.7 Å². The number of carbonyl (C=O) groups excluding carboxylic acids is 2. The minimum Gasteiger partial charge on any atom is -0.340 e. The van der Waals surface area contributed by atoms with Crippen LogP contribution in [0.2, 0.25) is 0 Å². The van der Waals surface area contributed by atoms with Gasteiger partial charge < -0.3 is 10.2 Å². The van der Waals surface area contributed by atoms with Crippen LogP contribution in [0.3, 0.4) is 0 Å². The van der Waals surface area contributed by atoms with E-state index >= 15 is 0 Å². The van der Waals surface area contributed by atoms with Crippen molar-refractivity contribution in [1.29, 1.82) is 0 Å². The molecule has 0 bridgehead atoms. The molecule has 0 aromatic heterocycles. The van der Waals surface area contributed by atoms with Crippen molar-refractivity contribution in [3.63, 3.8) is 0 Å². The molecule has 110 valence electrons. The van der Waals surface area contributed by atoms with E-state index in [1.54, 1.807) is 6.08 Å². The van der Waals surface area contributed by atoms with Crippen molar-refractivity contribution in [3.8, 4) is 0 Å². The molecule has 1 heterocycles. The Labute approximate surface area is 120 Å². The number of carbonyl (C=O) groups is 2. The molecule has 2 saturated carbocycles. The van der Waals surface area contributed by atoms with Gasteiger partial charge in [-0.15, -0.1) is 6.58 Å². The molecule has 1 aliphatic heterocycles. The topological polar surface area (TPSA) is 49.4 Å². The maximum Gasteiger partial charge on any atom is 0.249 e. The monoisotopic (exact) mass is 276 g/mol. The Hall–Kier alpha value is -1.32. The van der Waals surface area contributed by atoms with Gasteiger partial charge in [0.15, 0.2) is 0 Å². The summed E-state index contributed by atoms with van der Waals surface area (Å²) in [5, 5.41) is 3.14. The second kappa shape index (κ2) is 4.90. The summed E-state index contributed by atoms with van der Waals surface area (Å²) in [4.78, 5) is 27.7. The Balaban J connectivity index is 1.96. The third kappa shape index (κ3) is 1.80. The van der Waals surface area contributed by atoms with Crippen molar-refractivity contribution < 1.29 is 9.59 Å². The highest BCUT2D eigenvalue weighted by Crippen LogP contribution is 2.43. The molecule has 4 heteroatoms. The van der Waals surface area contributed by atoms with E-state index in [0.29, 0.717) is 6.54 Å². The predicted octanol–water partition coefficient (Wildman–Crippen LogP) is 2.15. The Morgan fingerprint density at radius 3 is 2.25 bits per heavy atom. The number of hydrogen-bond donors (Lipinski definition) is 1. The molecule has 1 saturated heterocycles. The van der Waals surface area contributed by atoms with Crippen LogP contribution in [0.1, 0.15) is 57.8 Å². The molecule has 2 aliphatic carbocycles. The van der Waals surface area contributed by atoms with E-state index in [4.69, 9.17) is 0 Å². The van der Waals surface area contributed by atoms with E-state index in [9.17, 15) is 9.59 Å². The summed E-state index contributed by atoms with van der Waals surface area (Å²) in [6, 6.07) is 0. The Bertz CT molecular complexity index is 432. The fourth-order valence-corrected chi connectivity index (χ4v) is 4.30. The minimum atomic E-state index is -0.619. The van der Waals surface area contributed by atoms with Gasteiger partial charge in [-0.3, -0.25) is 9.59 Å². The largest absolute Gasteiger partial charge is 0.340 e. The lowest BCUT2D eigenvalue weighted by atomic mass is 9.75. The fraction of sp³-hybridized carbons (Fsp3) is 0.750. The smallest absolute Gasteiger partial charge is 0.249 e. The van der Waals surface area contributed by atoms with Gasteiger partial charge in [0.05, 0.1) is 0 Å². The molecule has 20 heavy (non-hydrogen) atoms. The van der Waals surface area contributed by atoms with E-state index in [-0.39, 0.29) is 11.8 Å². The van der Waals surface area contributed by atoms with Crippen LogP contribution < -0.4 is 5.32 Å². The third-order valence-electron chi connectivity index (χ3n) is 5.40. The van der Waals surface area contributed by atoms with Crippen LogP contribution in [-0.4, -0.2) is 34.3 Å². The zero-order valence-electron chi connectivity index (χ0n) is 12.1. The van der Waals surface area contributed by atoms with E-state index < -0.39 is 11.1 Å². The number of piperazine rings is 1. The van der Waals surface area contributed by atoms with Gasteiger partial charge in [-0.05, 0) is 25.7 Å². The molecule has 0 atom stereocenters. The second-order valence-electron chi connectivity index (χ2n) is 6.54. The summed E-state index contributed by atoms with van der Waals surface area (Å²) < 4.78 is 0. The minimum absolute atomic E-state index is 0.0818. The summed E-state index contributed by atoms with van der Waals surface area (Å²) in [5.74, 6) is 0.219. The average molecular weight is 276 g/mol. The molecule has 4 nitrogen and oxygen atoms in total. The molecular formula is C16H24N2O2. The molecule has 3 fully saturated rings. The van der Waals surface area contributed by atoms with Gasteiger partial charge in [0.2, 0.25) is 11.8 Å². The molecule has 0 unspecified atom stereocenters. The molecule has 3 rings (SSSR count). The highest BCUT2D eigenvalue weighted by molar-refractivity contribution is 6.02. The fourth-order valence-electron chi connectivity index (χ4n) is 4.30. The number of rotatable bonds is 2. The Morgan fingerprint density at radius 2 is 1.65 bits per heavy atom. The summed E-state index contributed by atoms with van der Waals surface area (Å²) in [6.45, 7) is 4.27. The van der Waals surface area contributed by atoms with Gasteiger partial charge >= 0.3 is 0 Å². The Kier molecular flexibility index (Phi) is 3.35. The quantitative estimate of drug-likeness (QED) is 0.786.